The summed E-state index contributed by atoms with van der Waals surface area (Å²) in [6, 6.07) is -0.188. The van der Waals surface area contributed by atoms with Gasteiger partial charge in [-0.15, -0.1) is 0 Å². The number of carbonyl (C=O) groups is 2. The molecule has 7 nitrogen and oxygen atoms in total. The van der Waals surface area contributed by atoms with Gasteiger partial charge in [0.1, 0.15) is 6.54 Å². The first kappa shape index (κ1) is 14.4. The number of hydrogen-bond acceptors (Lipinski definition) is 3. The molecule has 2 N–H and O–H groups in total. The van der Waals surface area contributed by atoms with E-state index in [0.717, 1.165) is 6.54 Å². The fraction of sp³-hybridized carbons (Fsp3) is 0.615. The molecule has 0 spiro atoms. The minimum absolute atomic E-state index is 0.188. The number of carboxylic acid groups (broad SMARTS) is 1. The molecule has 2 rings (SSSR count). The van der Waals surface area contributed by atoms with E-state index in [1.54, 1.807) is 11.9 Å². The lowest BCUT2D eigenvalue weighted by Gasteiger charge is -2.21. The topological polar surface area (TPSA) is 87.5 Å². The molecule has 1 heterocycles. The van der Waals surface area contributed by atoms with Gasteiger partial charge in [0.05, 0.1) is 11.9 Å². The van der Waals surface area contributed by atoms with E-state index in [4.69, 9.17) is 5.11 Å². The number of urea groups is 1. The van der Waals surface area contributed by atoms with Gasteiger partial charge in [-0.2, -0.15) is 5.10 Å². The van der Waals surface area contributed by atoms with E-state index < -0.39 is 5.97 Å². The molecule has 1 aliphatic rings. The van der Waals surface area contributed by atoms with Gasteiger partial charge in [0.2, 0.25) is 0 Å². The van der Waals surface area contributed by atoms with Crippen LogP contribution in [0.3, 0.4) is 0 Å². The van der Waals surface area contributed by atoms with Crippen molar-refractivity contribution in [2.45, 2.75) is 32.2 Å². The summed E-state index contributed by atoms with van der Waals surface area (Å²) in [5, 5.41) is 15.2. The zero-order chi connectivity index (χ0) is 14.5. The largest absolute Gasteiger partial charge is 0.480 e. The predicted octanol–water partition coefficient (Wildman–Crippen LogP) is 1.62. The molecule has 0 aliphatic heterocycles. The minimum atomic E-state index is -0.968. The summed E-state index contributed by atoms with van der Waals surface area (Å²) < 4.78 is 1.27. The van der Waals surface area contributed by atoms with Crippen LogP contribution >= 0.6 is 0 Å². The maximum absolute atomic E-state index is 12.0. The van der Waals surface area contributed by atoms with Crippen LogP contribution in [0.1, 0.15) is 25.7 Å². The lowest BCUT2D eigenvalue weighted by atomic mass is 10.1. The second kappa shape index (κ2) is 6.40. The monoisotopic (exact) mass is 280 g/mol. The van der Waals surface area contributed by atoms with Crippen molar-refractivity contribution in [1.82, 2.24) is 14.7 Å². The number of rotatable bonds is 5. The van der Waals surface area contributed by atoms with Crippen LogP contribution < -0.4 is 5.32 Å². The molecule has 2 amide bonds. The molecule has 1 aliphatic carbocycles. The molecule has 0 saturated heterocycles. The summed E-state index contributed by atoms with van der Waals surface area (Å²) in [5.41, 5.74) is 0.509. The van der Waals surface area contributed by atoms with Crippen LogP contribution in [0, 0.1) is 5.92 Å². The number of nitrogens with zero attached hydrogens (tertiary/aromatic N) is 3. The Morgan fingerprint density at radius 2 is 2.20 bits per heavy atom. The smallest absolute Gasteiger partial charge is 0.325 e. The predicted molar refractivity (Wildman–Crippen MR) is 73.5 cm³/mol. The highest BCUT2D eigenvalue weighted by molar-refractivity contribution is 5.88. The average Bonchev–Trinajstić information content (AvgIpc) is 3.00. The molecular formula is C13H20N4O3. The molecule has 0 radical (unpaired) electrons. The van der Waals surface area contributed by atoms with Gasteiger partial charge in [0, 0.05) is 19.8 Å². The Morgan fingerprint density at radius 1 is 1.50 bits per heavy atom. The third-order valence-corrected chi connectivity index (χ3v) is 3.54. The normalized spacial score (nSPS) is 15.2. The van der Waals surface area contributed by atoms with Crippen LogP contribution in [0.2, 0.25) is 0 Å². The van der Waals surface area contributed by atoms with Crippen molar-refractivity contribution in [3.8, 4) is 0 Å². The van der Waals surface area contributed by atoms with Gasteiger partial charge in [-0.3, -0.25) is 9.48 Å². The van der Waals surface area contributed by atoms with E-state index >= 15 is 0 Å². The summed E-state index contributed by atoms with van der Waals surface area (Å²) in [7, 11) is 1.77. The molecule has 1 saturated carbocycles. The Hall–Kier alpha value is -2.05. The van der Waals surface area contributed by atoms with Crippen molar-refractivity contribution in [1.29, 1.82) is 0 Å². The Morgan fingerprint density at radius 3 is 2.85 bits per heavy atom. The van der Waals surface area contributed by atoms with E-state index in [0.29, 0.717) is 11.6 Å². The fourth-order valence-corrected chi connectivity index (χ4v) is 2.54. The van der Waals surface area contributed by atoms with Gasteiger partial charge in [-0.1, -0.05) is 12.8 Å². The average molecular weight is 280 g/mol. The molecule has 0 atom stereocenters. The van der Waals surface area contributed by atoms with Gasteiger partial charge in [-0.25, -0.2) is 4.79 Å². The van der Waals surface area contributed by atoms with Crippen molar-refractivity contribution in [2.75, 3.05) is 18.9 Å². The number of nitrogens with one attached hydrogen (secondary N) is 1. The third kappa shape index (κ3) is 3.97. The van der Waals surface area contributed by atoms with E-state index in [9.17, 15) is 9.59 Å². The van der Waals surface area contributed by atoms with Crippen molar-refractivity contribution in [2.24, 2.45) is 5.92 Å². The molecule has 1 aromatic rings. The number of amides is 2. The fourth-order valence-electron chi connectivity index (χ4n) is 2.54. The first-order chi connectivity index (χ1) is 9.54. The van der Waals surface area contributed by atoms with Crippen LogP contribution in [0.4, 0.5) is 10.5 Å². The van der Waals surface area contributed by atoms with Crippen molar-refractivity contribution >= 4 is 17.7 Å². The maximum atomic E-state index is 12.0. The van der Waals surface area contributed by atoms with Crippen LogP contribution in [-0.4, -0.2) is 45.4 Å². The molecular weight excluding hydrogens is 260 g/mol. The van der Waals surface area contributed by atoms with Crippen molar-refractivity contribution in [3.63, 3.8) is 0 Å². The first-order valence-electron chi connectivity index (χ1n) is 6.81. The van der Waals surface area contributed by atoms with Gasteiger partial charge in [0.25, 0.3) is 0 Å². The van der Waals surface area contributed by atoms with Crippen LogP contribution in [-0.2, 0) is 11.3 Å². The number of aromatic nitrogens is 2. The van der Waals surface area contributed by atoms with E-state index in [1.165, 1.54) is 42.8 Å². The standard InChI is InChI=1S/C13H20N4O3/c1-16(7-10-4-2-3-5-10)13(20)15-11-6-14-17(8-11)9-12(18)19/h6,8,10H,2-5,7,9H2,1H3,(H,15,20)(H,18,19). The maximum Gasteiger partial charge on any atom is 0.325 e. The molecule has 1 fully saturated rings. The molecule has 0 bridgehead atoms. The van der Waals surface area contributed by atoms with Crippen molar-refractivity contribution < 1.29 is 14.7 Å². The van der Waals surface area contributed by atoms with Gasteiger partial charge in [0.15, 0.2) is 0 Å². The number of hydrogen-bond donors (Lipinski definition) is 2. The van der Waals surface area contributed by atoms with Gasteiger partial charge >= 0.3 is 12.0 Å². The number of carbonyl (C=O) groups excluding carboxylic acids is 1. The number of aliphatic carboxylic acids is 1. The molecule has 1 aromatic heterocycles. The summed E-state index contributed by atoms with van der Waals surface area (Å²) >= 11 is 0. The Kier molecular flexibility index (Phi) is 4.60. The van der Waals surface area contributed by atoms with E-state index in [1.807, 2.05) is 0 Å². The summed E-state index contributed by atoms with van der Waals surface area (Å²) in [4.78, 5) is 24.2. The number of carboxylic acids is 1. The first-order valence-corrected chi connectivity index (χ1v) is 6.81. The van der Waals surface area contributed by atoms with Gasteiger partial charge < -0.3 is 15.3 Å². The highest BCUT2D eigenvalue weighted by Crippen LogP contribution is 2.25. The summed E-state index contributed by atoms with van der Waals surface area (Å²) in [5.74, 6) is -0.371. The van der Waals surface area contributed by atoms with E-state index in [2.05, 4.69) is 10.4 Å². The quantitative estimate of drug-likeness (QED) is 0.858. The molecule has 0 unspecified atom stereocenters. The second-order valence-electron chi connectivity index (χ2n) is 5.28. The lowest BCUT2D eigenvalue weighted by Crippen LogP contribution is -2.34. The van der Waals surface area contributed by atoms with E-state index in [-0.39, 0.29) is 12.6 Å². The Bertz CT molecular complexity index is 480. The molecule has 20 heavy (non-hydrogen) atoms. The molecule has 110 valence electrons. The highest BCUT2D eigenvalue weighted by Gasteiger charge is 2.19. The summed E-state index contributed by atoms with van der Waals surface area (Å²) in [6.07, 6.45) is 7.84. The highest BCUT2D eigenvalue weighted by atomic mass is 16.4. The van der Waals surface area contributed by atoms with Crippen molar-refractivity contribution in [3.05, 3.63) is 12.4 Å². The second-order valence-corrected chi connectivity index (χ2v) is 5.28. The third-order valence-electron chi connectivity index (χ3n) is 3.54. The zero-order valence-electron chi connectivity index (χ0n) is 11.6. The minimum Gasteiger partial charge on any atom is -0.480 e. The Labute approximate surface area is 117 Å². The van der Waals surface area contributed by atoms with Crippen LogP contribution in [0.5, 0.6) is 0 Å². The molecule has 0 aromatic carbocycles. The van der Waals surface area contributed by atoms with Crippen LogP contribution in [0.25, 0.3) is 0 Å². The Balaban J connectivity index is 1.83. The molecule has 7 heteroatoms. The van der Waals surface area contributed by atoms with Gasteiger partial charge in [-0.05, 0) is 18.8 Å². The zero-order valence-corrected chi connectivity index (χ0v) is 11.6. The lowest BCUT2D eigenvalue weighted by molar-refractivity contribution is -0.137. The number of anilines is 1. The summed E-state index contributed by atoms with van der Waals surface area (Å²) in [6.45, 7) is 0.545. The SMILES string of the molecule is CN(CC1CCCC1)C(=O)Nc1cnn(CC(=O)O)c1. The van der Waals surface area contributed by atoms with Crippen LogP contribution in [0.15, 0.2) is 12.4 Å².